The van der Waals surface area contributed by atoms with E-state index in [1.807, 2.05) is 0 Å². The Labute approximate surface area is 125 Å². The van der Waals surface area contributed by atoms with E-state index < -0.39 is 16.7 Å². The fraction of sp³-hybridized carbons (Fsp3) is 0. The maximum absolute atomic E-state index is 12.4. The molecule has 6 nitrogen and oxygen atoms in total. The number of ether oxygens (including phenoxy) is 1. The molecule has 0 atom stereocenters. The van der Waals surface area contributed by atoms with Gasteiger partial charge in [-0.2, -0.15) is 0 Å². The van der Waals surface area contributed by atoms with E-state index in [1.54, 1.807) is 30.3 Å². The van der Waals surface area contributed by atoms with Crippen LogP contribution in [0.3, 0.4) is 0 Å². The quantitative estimate of drug-likeness (QED) is 0.211. The lowest BCUT2D eigenvalue weighted by atomic mass is 10.0. The topological polar surface area (TPSA) is 86.5 Å². The number of carbonyl (C=O) groups is 2. The lowest BCUT2D eigenvalue weighted by molar-refractivity contribution is -0.384. The third-order valence-corrected chi connectivity index (χ3v) is 2.83. The molecule has 0 fully saturated rings. The van der Waals surface area contributed by atoms with Crippen molar-refractivity contribution < 1.29 is 19.2 Å². The first-order chi connectivity index (χ1) is 10.5. The molecule has 0 radical (unpaired) electrons. The fourth-order valence-corrected chi connectivity index (χ4v) is 1.79. The van der Waals surface area contributed by atoms with Crippen LogP contribution in [0.15, 0.2) is 61.2 Å². The molecular weight excluding hydrogens is 286 g/mol. The van der Waals surface area contributed by atoms with Gasteiger partial charge in [-0.15, -0.1) is 0 Å². The zero-order valence-electron chi connectivity index (χ0n) is 11.4. The van der Waals surface area contributed by atoms with Crippen LogP contribution in [0, 0.1) is 10.1 Å². The van der Waals surface area contributed by atoms with Gasteiger partial charge in [-0.25, -0.2) is 4.79 Å². The number of esters is 1. The largest absolute Gasteiger partial charge is 0.422 e. The zero-order valence-corrected chi connectivity index (χ0v) is 11.4. The van der Waals surface area contributed by atoms with Crippen molar-refractivity contribution in [1.82, 2.24) is 0 Å². The van der Waals surface area contributed by atoms with Crippen LogP contribution in [-0.2, 0) is 4.79 Å². The Balaban J connectivity index is 2.49. The standard InChI is InChI=1S/C16H11NO5/c1-2-15(18)22-14-10-12(17(20)21)8-9-13(14)16(19)11-6-4-3-5-7-11/h2-10H,1H2. The van der Waals surface area contributed by atoms with Crippen molar-refractivity contribution in [1.29, 1.82) is 0 Å². The number of nitro groups is 1. The minimum Gasteiger partial charge on any atom is -0.422 e. The van der Waals surface area contributed by atoms with Crippen LogP contribution in [0.4, 0.5) is 5.69 Å². The van der Waals surface area contributed by atoms with Crippen LogP contribution in [0.2, 0.25) is 0 Å². The highest BCUT2D eigenvalue weighted by atomic mass is 16.6. The van der Waals surface area contributed by atoms with E-state index in [2.05, 4.69) is 6.58 Å². The molecule has 0 unspecified atom stereocenters. The van der Waals surface area contributed by atoms with Crippen molar-refractivity contribution >= 4 is 17.4 Å². The van der Waals surface area contributed by atoms with Crippen molar-refractivity contribution in [2.45, 2.75) is 0 Å². The molecule has 110 valence electrons. The maximum atomic E-state index is 12.4. The smallest absolute Gasteiger partial charge is 0.335 e. The molecule has 0 saturated heterocycles. The molecule has 0 aliphatic heterocycles. The third kappa shape index (κ3) is 3.24. The van der Waals surface area contributed by atoms with Gasteiger partial charge in [0.1, 0.15) is 5.75 Å². The molecule has 22 heavy (non-hydrogen) atoms. The number of nitro benzene ring substituents is 1. The van der Waals surface area contributed by atoms with E-state index in [1.165, 1.54) is 12.1 Å². The summed E-state index contributed by atoms with van der Waals surface area (Å²) in [7, 11) is 0. The fourth-order valence-electron chi connectivity index (χ4n) is 1.79. The summed E-state index contributed by atoms with van der Waals surface area (Å²) in [6, 6.07) is 11.8. The Morgan fingerprint density at radius 1 is 1.14 bits per heavy atom. The van der Waals surface area contributed by atoms with Gasteiger partial charge < -0.3 is 4.74 Å². The number of hydrogen-bond acceptors (Lipinski definition) is 5. The third-order valence-electron chi connectivity index (χ3n) is 2.83. The lowest BCUT2D eigenvalue weighted by Crippen LogP contribution is -2.10. The van der Waals surface area contributed by atoms with Crippen molar-refractivity contribution in [2.75, 3.05) is 0 Å². The second-order valence-electron chi connectivity index (χ2n) is 4.26. The van der Waals surface area contributed by atoms with Crippen molar-refractivity contribution in [3.05, 3.63) is 82.4 Å². The molecule has 0 bridgehead atoms. The summed E-state index contributed by atoms with van der Waals surface area (Å²) in [6.07, 6.45) is 0.912. The predicted octanol–water partition coefficient (Wildman–Crippen LogP) is 2.92. The predicted molar refractivity (Wildman–Crippen MR) is 78.8 cm³/mol. The van der Waals surface area contributed by atoms with Gasteiger partial charge in [-0.05, 0) is 6.07 Å². The molecule has 0 heterocycles. The normalized spacial score (nSPS) is 9.82. The van der Waals surface area contributed by atoms with E-state index in [0.29, 0.717) is 5.56 Å². The van der Waals surface area contributed by atoms with Crippen LogP contribution >= 0.6 is 0 Å². The van der Waals surface area contributed by atoms with Crippen LogP contribution in [-0.4, -0.2) is 16.7 Å². The average Bonchev–Trinajstić information content (AvgIpc) is 2.54. The van der Waals surface area contributed by atoms with Gasteiger partial charge in [0, 0.05) is 17.7 Å². The van der Waals surface area contributed by atoms with Gasteiger partial charge in [0.15, 0.2) is 5.78 Å². The molecule has 2 aromatic carbocycles. The Bertz CT molecular complexity index is 752. The second-order valence-corrected chi connectivity index (χ2v) is 4.26. The van der Waals surface area contributed by atoms with Crippen LogP contribution < -0.4 is 4.74 Å². The van der Waals surface area contributed by atoms with E-state index in [4.69, 9.17) is 4.74 Å². The molecule has 0 spiro atoms. The first-order valence-corrected chi connectivity index (χ1v) is 6.25. The second kappa shape index (κ2) is 6.45. The Morgan fingerprint density at radius 2 is 1.82 bits per heavy atom. The molecule has 0 amide bonds. The summed E-state index contributed by atoms with van der Waals surface area (Å²) in [6.45, 7) is 3.25. The van der Waals surface area contributed by atoms with Gasteiger partial charge in [-0.3, -0.25) is 14.9 Å². The molecule has 0 aromatic heterocycles. The number of rotatable bonds is 5. The highest BCUT2D eigenvalue weighted by Crippen LogP contribution is 2.27. The number of benzene rings is 2. The number of non-ortho nitro benzene ring substituents is 1. The summed E-state index contributed by atoms with van der Waals surface area (Å²) in [5, 5.41) is 10.8. The summed E-state index contributed by atoms with van der Waals surface area (Å²) in [5.41, 5.74) is 0.163. The van der Waals surface area contributed by atoms with Gasteiger partial charge in [0.2, 0.25) is 0 Å². The SMILES string of the molecule is C=CC(=O)Oc1cc([N+](=O)[O-])ccc1C(=O)c1ccccc1. The maximum Gasteiger partial charge on any atom is 0.335 e. The first-order valence-electron chi connectivity index (χ1n) is 6.25. The van der Waals surface area contributed by atoms with Gasteiger partial charge in [0.05, 0.1) is 16.6 Å². The van der Waals surface area contributed by atoms with Crippen molar-refractivity contribution in [3.8, 4) is 5.75 Å². The number of ketones is 1. The molecular formula is C16H11NO5. The van der Waals surface area contributed by atoms with Crippen LogP contribution in [0.25, 0.3) is 0 Å². The van der Waals surface area contributed by atoms with Gasteiger partial charge >= 0.3 is 5.97 Å². The first kappa shape index (κ1) is 15.1. The van der Waals surface area contributed by atoms with Crippen LogP contribution in [0.1, 0.15) is 15.9 Å². The summed E-state index contributed by atoms with van der Waals surface area (Å²) < 4.78 is 4.95. The van der Waals surface area contributed by atoms with E-state index in [0.717, 1.165) is 12.1 Å². The average molecular weight is 297 g/mol. The highest BCUT2D eigenvalue weighted by molar-refractivity contribution is 6.11. The number of hydrogen-bond donors (Lipinski definition) is 0. The van der Waals surface area contributed by atoms with E-state index in [9.17, 15) is 19.7 Å². The minimum absolute atomic E-state index is 0.0620. The zero-order chi connectivity index (χ0) is 16.1. The van der Waals surface area contributed by atoms with Crippen LogP contribution in [0.5, 0.6) is 5.75 Å². The molecule has 0 N–H and O–H groups in total. The summed E-state index contributed by atoms with van der Waals surface area (Å²) in [5.74, 6) is -1.38. The van der Waals surface area contributed by atoms with Gasteiger partial charge in [-0.1, -0.05) is 36.9 Å². The molecule has 2 aromatic rings. The Hall–Kier alpha value is -3.28. The summed E-state index contributed by atoms with van der Waals surface area (Å²) in [4.78, 5) is 34.0. The summed E-state index contributed by atoms with van der Waals surface area (Å²) >= 11 is 0. The molecule has 2 rings (SSSR count). The number of nitrogens with zero attached hydrogens (tertiary/aromatic N) is 1. The Morgan fingerprint density at radius 3 is 2.41 bits per heavy atom. The molecule has 0 aliphatic carbocycles. The minimum atomic E-state index is -0.803. The highest BCUT2D eigenvalue weighted by Gasteiger charge is 2.19. The molecule has 0 saturated carbocycles. The van der Waals surface area contributed by atoms with E-state index in [-0.39, 0.29) is 17.0 Å². The monoisotopic (exact) mass is 297 g/mol. The molecule has 6 heteroatoms. The lowest BCUT2D eigenvalue weighted by Gasteiger charge is -2.08. The van der Waals surface area contributed by atoms with Gasteiger partial charge in [0.25, 0.3) is 5.69 Å². The molecule has 0 aliphatic rings. The number of carbonyl (C=O) groups excluding carboxylic acids is 2. The van der Waals surface area contributed by atoms with Crippen molar-refractivity contribution in [3.63, 3.8) is 0 Å². The van der Waals surface area contributed by atoms with E-state index >= 15 is 0 Å². The van der Waals surface area contributed by atoms with Crippen molar-refractivity contribution in [2.24, 2.45) is 0 Å². The Kier molecular flexibility index (Phi) is 4.43.